The van der Waals surface area contributed by atoms with Crippen LogP contribution in [0.5, 0.6) is 0 Å². The highest BCUT2D eigenvalue weighted by Crippen LogP contribution is 2.35. The van der Waals surface area contributed by atoms with Crippen LogP contribution < -0.4 is 5.56 Å². The average molecular weight is 299 g/mol. The van der Waals surface area contributed by atoms with Crippen LogP contribution in [0.25, 0.3) is 11.0 Å². The Hall–Kier alpha value is -2.44. The summed E-state index contributed by atoms with van der Waals surface area (Å²) in [4.78, 5) is 31.1. The summed E-state index contributed by atoms with van der Waals surface area (Å²) < 4.78 is 3.27. The van der Waals surface area contributed by atoms with Gasteiger partial charge in [0, 0.05) is 13.1 Å². The van der Waals surface area contributed by atoms with E-state index in [0.717, 1.165) is 12.8 Å². The normalized spacial score (nSPS) is 21.7. The minimum atomic E-state index is -0.464. The summed E-state index contributed by atoms with van der Waals surface area (Å²) in [7, 11) is 0. The Balaban J connectivity index is 1.74. The predicted molar refractivity (Wildman–Crippen MR) is 80.5 cm³/mol. The average Bonchev–Trinajstić information content (AvgIpc) is 3.17. The van der Waals surface area contributed by atoms with Crippen molar-refractivity contribution in [2.75, 3.05) is 13.1 Å². The molecular formula is C15H17N5O2. The number of amides is 1. The molecule has 1 aliphatic heterocycles. The van der Waals surface area contributed by atoms with Gasteiger partial charge in [0.15, 0.2) is 5.65 Å². The molecule has 1 saturated heterocycles. The van der Waals surface area contributed by atoms with Gasteiger partial charge < -0.3 is 4.90 Å². The van der Waals surface area contributed by atoms with E-state index in [2.05, 4.69) is 16.7 Å². The van der Waals surface area contributed by atoms with Crippen LogP contribution in [0, 0.1) is 0 Å². The van der Waals surface area contributed by atoms with Gasteiger partial charge in [-0.1, -0.05) is 6.08 Å². The van der Waals surface area contributed by atoms with Crippen molar-refractivity contribution in [1.82, 2.24) is 24.2 Å². The second-order valence-electron chi connectivity index (χ2n) is 5.89. The van der Waals surface area contributed by atoms with Crippen molar-refractivity contribution in [3.63, 3.8) is 0 Å². The molecule has 2 aliphatic rings. The molecule has 2 aromatic heterocycles. The zero-order chi connectivity index (χ0) is 15.3. The van der Waals surface area contributed by atoms with Crippen molar-refractivity contribution in [1.29, 1.82) is 0 Å². The lowest BCUT2D eigenvalue weighted by molar-refractivity contribution is -0.130. The number of carbonyl (C=O) groups excluding carboxylic acids is 1. The van der Waals surface area contributed by atoms with Crippen LogP contribution in [-0.2, 0) is 4.79 Å². The van der Waals surface area contributed by atoms with Crippen LogP contribution in [0.3, 0.4) is 0 Å². The standard InChI is InChI=1S/C15H17N5O2/c1-2-6-18-7-5-12(15(18)22)19-9-16-13-11(14(19)21)8-17-20(13)10-3-4-10/h2,8-10,12H,1,3-7H2. The van der Waals surface area contributed by atoms with Crippen molar-refractivity contribution >= 4 is 16.9 Å². The number of hydrogen-bond acceptors (Lipinski definition) is 4. The van der Waals surface area contributed by atoms with E-state index in [-0.39, 0.29) is 11.5 Å². The Labute approximate surface area is 126 Å². The Kier molecular flexibility index (Phi) is 2.88. The molecule has 1 saturated carbocycles. The van der Waals surface area contributed by atoms with Gasteiger partial charge in [-0.3, -0.25) is 14.2 Å². The number of carbonyl (C=O) groups is 1. The first-order valence-corrected chi connectivity index (χ1v) is 7.54. The summed E-state index contributed by atoms with van der Waals surface area (Å²) in [5.41, 5.74) is 0.438. The van der Waals surface area contributed by atoms with Crippen LogP contribution in [0.4, 0.5) is 0 Å². The lowest BCUT2D eigenvalue weighted by Gasteiger charge is -2.15. The second-order valence-corrected chi connectivity index (χ2v) is 5.89. The molecule has 7 heteroatoms. The number of likely N-dealkylation sites (tertiary alicyclic amines) is 1. The van der Waals surface area contributed by atoms with Crippen LogP contribution in [0.1, 0.15) is 31.3 Å². The molecule has 1 atom stereocenters. The fraction of sp³-hybridized carbons (Fsp3) is 0.467. The zero-order valence-electron chi connectivity index (χ0n) is 12.2. The molecule has 4 rings (SSSR count). The number of aromatic nitrogens is 4. The van der Waals surface area contributed by atoms with E-state index in [1.54, 1.807) is 17.2 Å². The van der Waals surface area contributed by atoms with Crippen LogP contribution in [0.2, 0.25) is 0 Å². The van der Waals surface area contributed by atoms with E-state index < -0.39 is 6.04 Å². The molecule has 0 bridgehead atoms. The quantitative estimate of drug-likeness (QED) is 0.786. The number of nitrogens with zero attached hydrogens (tertiary/aromatic N) is 5. The molecule has 1 aliphatic carbocycles. The summed E-state index contributed by atoms with van der Waals surface area (Å²) in [6.07, 6.45) is 7.55. The Morgan fingerprint density at radius 1 is 1.32 bits per heavy atom. The van der Waals surface area contributed by atoms with Crippen LogP contribution in [-0.4, -0.2) is 43.2 Å². The Morgan fingerprint density at radius 2 is 2.14 bits per heavy atom. The highest BCUT2D eigenvalue weighted by molar-refractivity contribution is 5.83. The lowest BCUT2D eigenvalue weighted by Crippen LogP contribution is -2.33. The fourth-order valence-electron chi connectivity index (χ4n) is 3.07. The number of fused-ring (bicyclic) bond motifs is 1. The molecule has 0 aromatic carbocycles. The minimum absolute atomic E-state index is 0.0438. The van der Waals surface area contributed by atoms with E-state index in [0.29, 0.717) is 36.6 Å². The molecule has 7 nitrogen and oxygen atoms in total. The molecule has 2 fully saturated rings. The molecular weight excluding hydrogens is 282 g/mol. The molecule has 1 amide bonds. The van der Waals surface area contributed by atoms with Gasteiger partial charge in [0.2, 0.25) is 5.91 Å². The second kappa shape index (κ2) is 4.79. The maximum absolute atomic E-state index is 12.7. The van der Waals surface area contributed by atoms with Gasteiger partial charge in [0.1, 0.15) is 17.8 Å². The van der Waals surface area contributed by atoms with Crippen molar-refractivity contribution < 1.29 is 4.79 Å². The first kappa shape index (κ1) is 13.2. The van der Waals surface area contributed by atoms with Crippen molar-refractivity contribution in [3.05, 3.63) is 35.5 Å². The Bertz CT molecular complexity index is 817. The third-order valence-corrected chi connectivity index (χ3v) is 4.39. The third-order valence-electron chi connectivity index (χ3n) is 4.39. The molecule has 0 spiro atoms. The summed E-state index contributed by atoms with van der Waals surface area (Å²) in [6, 6.07) is -0.0925. The first-order chi connectivity index (χ1) is 10.7. The van der Waals surface area contributed by atoms with E-state index in [1.165, 1.54) is 10.9 Å². The molecule has 3 heterocycles. The van der Waals surface area contributed by atoms with Gasteiger partial charge in [0.05, 0.1) is 12.2 Å². The summed E-state index contributed by atoms with van der Waals surface area (Å²) in [5.74, 6) is -0.0438. The molecule has 22 heavy (non-hydrogen) atoms. The number of rotatable bonds is 4. The minimum Gasteiger partial charge on any atom is -0.337 e. The molecule has 0 radical (unpaired) electrons. The van der Waals surface area contributed by atoms with Crippen molar-refractivity contribution in [3.8, 4) is 0 Å². The molecule has 2 aromatic rings. The predicted octanol–water partition coefficient (Wildman–Crippen LogP) is 0.887. The van der Waals surface area contributed by atoms with Crippen LogP contribution in [0.15, 0.2) is 30.0 Å². The van der Waals surface area contributed by atoms with Crippen LogP contribution >= 0.6 is 0 Å². The van der Waals surface area contributed by atoms with Crippen molar-refractivity contribution in [2.45, 2.75) is 31.3 Å². The summed E-state index contributed by atoms with van der Waals surface area (Å²) in [5, 5.41) is 4.77. The van der Waals surface area contributed by atoms with Crippen molar-refractivity contribution in [2.24, 2.45) is 0 Å². The van der Waals surface area contributed by atoms with E-state index in [1.807, 2.05) is 4.68 Å². The van der Waals surface area contributed by atoms with E-state index >= 15 is 0 Å². The molecule has 1 unspecified atom stereocenters. The monoisotopic (exact) mass is 299 g/mol. The van der Waals surface area contributed by atoms with Gasteiger partial charge in [-0.25, -0.2) is 9.67 Å². The summed E-state index contributed by atoms with van der Waals surface area (Å²) >= 11 is 0. The van der Waals surface area contributed by atoms with Gasteiger partial charge >= 0.3 is 0 Å². The lowest BCUT2D eigenvalue weighted by atomic mass is 10.2. The van der Waals surface area contributed by atoms with E-state index in [9.17, 15) is 9.59 Å². The maximum Gasteiger partial charge on any atom is 0.265 e. The smallest absolute Gasteiger partial charge is 0.265 e. The maximum atomic E-state index is 12.7. The van der Waals surface area contributed by atoms with Gasteiger partial charge in [-0.2, -0.15) is 5.10 Å². The highest BCUT2D eigenvalue weighted by Gasteiger charge is 2.34. The molecule has 114 valence electrons. The van der Waals surface area contributed by atoms with Gasteiger partial charge in [-0.05, 0) is 19.3 Å². The SMILES string of the molecule is C=CCN1CCC(n2cnc3c(cnn3C3CC3)c2=O)C1=O. The Morgan fingerprint density at radius 3 is 2.86 bits per heavy atom. The largest absolute Gasteiger partial charge is 0.337 e. The fourth-order valence-corrected chi connectivity index (χ4v) is 3.07. The first-order valence-electron chi connectivity index (χ1n) is 7.54. The topological polar surface area (TPSA) is 73.0 Å². The number of hydrogen-bond donors (Lipinski definition) is 0. The third kappa shape index (κ3) is 1.88. The summed E-state index contributed by atoms with van der Waals surface area (Å²) in [6.45, 7) is 4.81. The van der Waals surface area contributed by atoms with Gasteiger partial charge in [0.25, 0.3) is 5.56 Å². The van der Waals surface area contributed by atoms with Gasteiger partial charge in [-0.15, -0.1) is 6.58 Å². The highest BCUT2D eigenvalue weighted by atomic mass is 16.2. The zero-order valence-corrected chi connectivity index (χ0v) is 12.2. The van der Waals surface area contributed by atoms with E-state index in [4.69, 9.17) is 0 Å². The molecule has 0 N–H and O–H groups in total.